The molecular formula is C23H21N7O. The lowest BCUT2D eigenvalue weighted by Gasteiger charge is -2.08. The molecule has 0 aromatic carbocycles. The molecule has 0 atom stereocenters. The summed E-state index contributed by atoms with van der Waals surface area (Å²) in [6.45, 7) is 4.03. The Bertz CT molecular complexity index is 1370. The molecule has 0 spiro atoms. The lowest BCUT2D eigenvalue weighted by molar-refractivity contribution is -0.116. The molecule has 0 fully saturated rings. The largest absolute Gasteiger partial charge is 0.352 e. The van der Waals surface area contributed by atoms with Crippen molar-refractivity contribution in [1.82, 2.24) is 30.1 Å². The molecule has 31 heavy (non-hydrogen) atoms. The van der Waals surface area contributed by atoms with Crippen LogP contribution in [-0.2, 0) is 4.79 Å². The normalized spacial score (nSPS) is 11.5. The molecule has 0 radical (unpaired) electrons. The maximum Gasteiger partial charge on any atom is 0.224 e. The third-order valence-electron chi connectivity index (χ3n) is 5.05. The number of fused-ring (bicyclic) bond motifs is 2. The van der Waals surface area contributed by atoms with Gasteiger partial charge in [-0.2, -0.15) is 5.10 Å². The Labute approximate surface area is 178 Å². The zero-order chi connectivity index (χ0) is 21.4. The predicted molar refractivity (Wildman–Crippen MR) is 120 cm³/mol. The molecule has 154 valence electrons. The number of aromatic nitrogens is 6. The van der Waals surface area contributed by atoms with E-state index >= 15 is 0 Å². The summed E-state index contributed by atoms with van der Waals surface area (Å²) in [5.41, 5.74) is 5.78. The van der Waals surface area contributed by atoms with Gasteiger partial charge in [-0.05, 0) is 30.2 Å². The summed E-state index contributed by atoms with van der Waals surface area (Å²) in [6.07, 6.45) is 9.20. The maximum atomic E-state index is 12.1. The van der Waals surface area contributed by atoms with E-state index in [9.17, 15) is 4.79 Å². The van der Waals surface area contributed by atoms with Gasteiger partial charge in [0.1, 0.15) is 0 Å². The van der Waals surface area contributed by atoms with E-state index in [2.05, 4.69) is 41.5 Å². The van der Waals surface area contributed by atoms with Gasteiger partial charge in [-0.3, -0.25) is 19.9 Å². The van der Waals surface area contributed by atoms with Gasteiger partial charge in [-0.25, -0.2) is 4.98 Å². The molecule has 5 heterocycles. The molecule has 0 bridgehead atoms. The molecule has 8 nitrogen and oxygen atoms in total. The van der Waals surface area contributed by atoms with Crippen molar-refractivity contribution in [3.05, 3.63) is 55.2 Å². The van der Waals surface area contributed by atoms with Gasteiger partial charge in [-0.1, -0.05) is 13.8 Å². The third-order valence-corrected chi connectivity index (χ3v) is 5.05. The molecule has 5 aromatic rings. The third kappa shape index (κ3) is 3.75. The van der Waals surface area contributed by atoms with Crippen molar-refractivity contribution < 1.29 is 4.79 Å². The fraction of sp³-hybridized carbons (Fsp3) is 0.174. The molecule has 3 N–H and O–H groups in total. The van der Waals surface area contributed by atoms with Crippen molar-refractivity contribution in [1.29, 1.82) is 0 Å². The molecule has 5 rings (SSSR count). The van der Waals surface area contributed by atoms with E-state index in [-0.39, 0.29) is 5.91 Å². The second-order valence-electron chi connectivity index (χ2n) is 7.95. The van der Waals surface area contributed by atoms with Gasteiger partial charge >= 0.3 is 0 Å². The van der Waals surface area contributed by atoms with E-state index in [0.29, 0.717) is 23.7 Å². The molecule has 0 saturated heterocycles. The summed E-state index contributed by atoms with van der Waals surface area (Å²) >= 11 is 0. The number of carbonyl (C=O) groups is 1. The van der Waals surface area contributed by atoms with Crippen molar-refractivity contribution >= 4 is 33.5 Å². The monoisotopic (exact) mass is 411 g/mol. The van der Waals surface area contributed by atoms with Crippen LogP contribution < -0.4 is 5.32 Å². The van der Waals surface area contributed by atoms with Crippen LogP contribution in [0.5, 0.6) is 0 Å². The van der Waals surface area contributed by atoms with Gasteiger partial charge in [-0.15, -0.1) is 0 Å². The molecule has 0 aliphatic heterocycles. The first kappa shape index (κ1) is 18.9. The number of pyridine rings is 3. The van der Waals surface area contributed by atoms with E-state index in [1.807, 2.05) is 32.0 Å². The predicted octanol–water partition coefficient (Wildman–Crippen LogP) is 4.55. The molecule has 8 heteroatoms. The molecular weight excluding hydrogens is 390 g/mol. The van der Waals surface area contributed by atoms with Crippen LogP contribution in [0, 0.1) is 5.92 Å². The van der Waals surface area contributed by atoms with Crippen molar-refractivity contribution in [3.8, 4) is 22.5 Å². The number of hydrogen-bond acceptors (Lipinski definition) is 5. The highest BCUT2D eigenvalue weighted by Gasteiger charge is 2.13. The summed E-state index contributed by atoms with van der Waals surface area (Å²) < 4.78 is 0. The Morgan fingerprint density at radius 1 is 1.06 bits per heavy atom. The van der Waals surface area contributed by atoms with Crippen LogP contribution >= 0.6 is 0 Å². The number of aromatic amines is 2. The van der Waals surface area contributed by atoms with Crippen molar-refractivity contribution in [2.45, 2.75) is 20.3 Å². The Hall–Kier alpha value is -4.07. The summed E-state index contributed by atoms with van der Waals surface area (Å²) in [5, 5.41) is 12.3. The van der Waals surface area contributed by atoms with Crippen LogP contribution in [-0.4, -0.2) is 36.0 Å². The zero-order valence-corrected chi connectivity index (χ0v) is 17.2. The number of hydrogen-bond donors (Lipinski definition) is 3. The summed E-state index contributed by atoms with van der Waals surface area (Å²) in [7, 11) is 0. The molecule has 1 amide bonds. The number of anilines is 1. The highest BCUT2D eigenvalue weighted by Crippen LogP contribution is 2.31. The van der Waals surface area contributed by atoms with E-state index in [1.54, 1.807) is 31.0 Å². The van der Waals surface area contributed by atoms with Crippen LogP contribution in [0.25, 0.3) is 44.5 Å². The molecule has 0 saturated carbocycles. The van der Waals surface area contributed by atoms with Crippen molar-refractivity contribution in [2.24, 2.45) is 5.92 Å². The highest BCUT2D eigenvalue weighted by molar-refractivity contribution is 5.96. The van der Waals surface area contributed by atoms with Gasteiger partial charge in [0.15, 0.2) is 5.65 Å². The molecule has 0 unspecified atom stereocenters. The smallest absolute Gasteiger partial charge is 0.224 e. The van der Waals surface area contributed by atoms with E-state index in [4.69, 9.17) is 0 Å². The van der Waals surface area contributed by atoms with E-state index < -0.39 is 0 Å². The average molecular weight is 411 g/mol. The van der Waals surface area contributed by atoms with Crippen molar-refractivity contribution in [3.63, 3.8) is 0 Å². The number of nitrogens with zero attached hydrogens (tertiary/aromatic N) is 4. The van der Waals surface area contributed by atoms with Gasteiger partial charge < -0.3 is 10.3 Å². The fourth-order valence-corrected chi connectivity index (χ4v) is 3.62. The van der Waals surface area contributed by atoms with E-state index in [1.165, 1.54) is 0 Å². The van der Waals surface area contributed by atoms with Crippen molar-refractivity contribution in [2.75, 3.05) is 5.32 Å². The van der Waals surface area contributed by atoms with Crippen LogP contribution in [0.2, 0.25) is 0 Å². The number of carbonyl (C=O) groups excluding carboxylic acids is 1. The molecule has 0 aliphatic carbocycles. The average Bonchev–Trinajstić information content (AvgIpc) is 3.36. The van der Waals surface area contributed by atoms with E-state index in [0.717, 1.165) is 38.8 Å². The minimum Gasteiger partial charge on any atom is -0.352 e. The lowest BCUT2D eigenvalue weighted by Crippen LogP contribution is -2.13. The number of amides is 1. The number of rotatable bonds is 5. The van der Waals surface area contributed by atoms with Crippen LogP contribution in [0.3, 0.4) is 0 Å². The SMILES string of the molecule is CC(C)CC(=O)Nc1cncc(-c2cnc3n[nH]c(-c4cc5ccncc5[nH]4)c3c2)c1. The van der Waals surface area contributed by atoms with Crippen LogP contribution in [0.15, 0.2) is 55.2 Å². The Morgan fingerprint density at radius 2 is 1.94 bits per heavy atom. The Morgan fingerprint density at radius 3 is 2.77 bits per heavy atom. The standard InChI is InChI=1S/C23H21N7O/c1-13(2)5-21(31)27-17-6-15(9-25-11-17)16-7-18-22(29-30-23(18)26-10-16)19-8-14-3-4-24-12-20(14)28-19/h3-4,6-13,28H,5H2,1-2H3,(H,27,31)(H,26,29,30). The fourth-order valence-electron chi connectivity index (χ4n) is 3.62. The topological polar surface area (TPSA) is 112 Å². The van der Waals surface area contributed by atoms with Crippen LogP contribution in [0.4, 0.5) is 5.69 Å². The number of H-pyrrole nitrogens is 2. The molecule has 5 aromatic heterocycles. The van der Waals surface area contributed by atoms with Gasteiger partial charge in [0, 0.05) is 46.9 Å². The maximum absolute atomic E-state index is 12.1. The minimum absolute atomic E-state index is 0.0204. The summed E-state index contributed by atoms with van der Waals surface area (Å²) in [5.74, 6) is 0.274. The summed E-state index contributed by atoms with van der Waals surface area (Å²) in [4.78, 5) is 28.4. The minimum atomic E-state index is -0.0204. The van der Waals surface area contributed by atoms with Gasteiger partial charge in [0.05, 0.1) is 35.0 Å². The highest BCUT2D eigenvalue weighted by atomic mass is 16.1. The Kier molecular flexibility index (Phi) is 4.66. The first-order chi connectivity index (χ1) is 15.1. The quantitative estimate of drug-likeness (QED) is 0.393. The second-order valence-corrected chi connectivity index (χ2v) is 7.95. The zero-order valence-electron chi connectivity index (χ0n) is 17.2. The molecule has 0 aliphatic rings. The second kappa shape index (κ2) is 7.64. The summed E-state index contributed by atoms with van der Waals surface area (Å²) in [6, 6.07) is 7.95. The van der Waals surface area contributed by atoms with Gasteiger partial charge in [0.2, 0.25) is 5.91 Å². The first-order valence-corrected chi connectivity index (χ1v) is 10.1. The lowest BCUT2D eigenvalue weighted by atomic mass is 10.1. The van der Waals surface area contributed by atoms with Crippen LogP contribution in [0.1, 0.15) is 20.3 Å². The first-order valence-electron chi connectivity index (χ1n) is 10.1. The number of nitrogens with one attached hydrogen (secondary N) is 3. The Balaban J connectivity index is 1.51. The van der Waals surface area contributed by atoms with Gasteiger partial charge in [0.25, 0.3) is 0 Å².